The first-order valence-electron chi connectivity index (χ1n) is 5.12. The second-order valence-electron chi connectivity index (χ2n) is 3.61. The van der Waals surface area contributed by atoms with Gasteiger partial charge >= 0.3 is 0 Å². The minimum atomic E-state index is -3.20. The molecular weight excluding hydrogens is 200 g/mol. The third-order valence-electron chi connectivity index (χ3n) is 2.35. The standard InChI is InChI=1S/C9H22N2O2S/c1-5-9(7-10)14(12,13)11(6-2)8(3)4/h8-9H,5-7,10H2,1-4H3. The van der Waals surface area contributed by atoms with E-state index in [9.17, 15) is 8.42 Å². The zero-order valence-corrected chi connectivity index (χ0v) is 10.3. The van der Waals surface area contributed by atoms with E-state index in [1.807, 2.05) is 27.7 Å². The number of nitrogens with zero attached hydrogens (tertiary/aromatic N) is 1. The maximum absolute atomic E-state index is 12.0. The van der Waals surface area contributed by atoms with Crippen LogP contribution in [0.5, 0.6) is 0 Å². The molecule has 14 heavy (non-hydrogen) atoms. The smallest absolute Gasteiger partial charge is 0.218 e. The summed E-state index contributed by atoms with van der Waals surface area (Å²) in [7, 11) is -3.20. The highest BCUT2D eigenvalue weighted by molar-refractivity contribution is 7.89. The average Bonchev–Trinajstić information content (AvgIpc) is 2.05. The van der Waals surface area contributed by atoms with Crippen molar-refractivity contribution in [3.8, 4) is 0 Å². The van der Waals surface area contributed by atoms with Crippen molar-refractivity contribution < 1.29 is 8.42 Å². The van der Waals surface area contributed by atoms with Gasteiger partial charge in [0, 0.05) is 19.1 Å². The Morgan fingerprint density at radius 3 is 2.00 bits per heavy atom. The molecule has 1 unspecified atom stereocenters. The zero-order valence-electron chi connectivity index (χ0n) is 9.53. The monoisotopic (exact) mass is 222 g/mol. The molecule has 0 aromatic carbocycles. The summed E-state index contributed by atoms with van der Waals surface area (Å²) in [5.41, 5.74) is 5.46. The number of hydrogen-bond acceptors (Lipinski definition) is 3. The molecule has 0 radical (unpaired) electrons. The van der Waals surface area contributed by atoms with E-state index >= 15 is 0 Å². The van der Waals surface area contributed by atoms with Crippen LogP contribution in [0.25, 0.3) is 0 Å². The molecule has 0 aromatic rings. The Hall–Kier alpha value is -0.130. The van der Waals surface area contributed by atoms with Gasteiger partial charge in [0.2, 0.25) is 10.0 Å². The molecule has 0 aliphatic carbocycles. The van der Waals surface area contributed by atoms with Crippen LogP contribution in [0.3, 0.4) is 0 Å². The number of hydrogen-bond donors (Lipinski definition) is 1. The maximum Gasteiger partial charge on any atom is 0.218 e. The highest BCUT2D eigenvalue weighted by Crippen LogP contribution is 2.14. The molecular formula is C9H22N2O2S. The van der Waals surface area contributed by atoms with Crippen LogP contribution in [0.2, 0.25) is 0 Å². The van der Waals surface area contributed by atoms with Gasteiger partial charge in [-0.2, -0.15) is 4.31 Å². The van der Waals surface area contributed by atoms with Crippen molar-refractivity contribution >= 4 is 10.0 Å². The van der Waals surface area contributed by atoms with E-state index in [1.54, 1.807) is 0 Å². The van der Waals surface area contributed by atoms with E-state index in [2.05, 4.69) is 0 Å². The fourth-order valence-electron chi connectivity index (χ4n) is 1.53. The topological polar surface area (TPSA) is 63.4 Å². The van der Waals surface area contributed by atoms with E-state index in [4.69, 9.17) is 5.73 Å². The lowest BCUT2D eigenvalue weighted by molar-refractivity contribution is 0.362. The van der Waals surface area contributed by atoms with Crippen LogP contribution in [0.1, 0.15) is 34.1 Å². The summed E-state index contributed by atoms with van der Waals surface area (Å²) in [5.74, 6) is 0. The fraction of sp³-hybridized carbons (Fsp3) is 1.00. The number of sulfonamides is 1. The van der Waals surface area contributed by atoms with Gasteiger partial charge in [-0.05, 0) is 20.3 Å². The molecule has 1 atom stereocenters. The van der Waals surface area contributed by atoms with Crippen molar-refractivity contribution in [2.24, 2.45) is 5.73 Å². The molecule has 0 fully saturated rings. The summed E-state index contributed by atoms with van der Waals surface area (Å²) in [6.45, 7) is 8.16. The molecule has 0 amide bonds. The van der Waals surface area contributed by atoms with Crippen molar-refractivity contribution in [2.75, 3.05) is 13.1 Å². The molecule has 0 rings (SSSR count). The second kappa shape index (κ2) is 5.68. The number of rotatable bonds is 6. The molecule has 0 bridgehead atoms. The highest BCUT2D eigenvalue weighted by atomic mass is 32.2. The summed E-state index contributed by atoms with van der Waals surface area (Å²) in [6, 6.07) is 0.00519. The molecule has 0 saturated carbocycles. The Morgan fingerprint density at radius 2 is 1.79 bits per heavy atom. The Bertz CT molecular complexity index is 246. The lowest BCUT2D eigenvalue weighted by atomic mass is 10.3. The molecule has 86 valence electrons. The van der Waals surface area contributed by atoms with E-state index in [-0.39, 0.29) is 12.6 Å². The highest BCUT2D eigenvalue weighted by Gasteiger charge is 2.30. The minimum absolute atomic E-state index is 0.00519. The summed E-state index contributed by atoms with van der Waals surface area (Å²) in [5, 5.41) is -0.440. The van der Waals surface area contributed by atoms with Crippen LogP contribution in [0, 0.1) is 0 Å². The Kier molecular flexibility index (Phi) is 5.63. The lowest BCUT2D eigenvalue weighted by Crippen LogP contribution is -2.45. The Labute approximate surface area is 87.5 Å². The van der Waals surface area contributed by atoms with Crippen molar-refractivity contribution in [1.29, 1.82) is 0 Å². The molecule has 4 nitrogen and oxygen atoms in total. The van der Waals surface area contributed by atoms with Crippen LogP contribution >= 0.6 is 0 Å². The van der Waals surface area contributed by atoms with Crippen molar-refractivity contribution in [2.45, 2.75) is 45.4 Å². The SMILES string of the molecule is CCC(CN)S(=O)(=O)N(CC)C(C)C. The maximum atomic E-state index is 12.0. The molecule has 0 aliphatic rings. The van der Waals surface area contributed by atoms with Crippen molar-refractivity contribution in [3.05, 3.63) is 0 Å². The van der Waals surface area contributed by atoms with Gasteiger partial charge < -0.3 is 5.73 Å². The first-order chi connectivity index (χ1) is 6.41. The van der Waals surface area contributed by atoms with Crippen LogP contribution in [-0.4, -0.2) is 37.1 Å². The van der Waals surface area contributed by atoms with Gasteiger partial charge in [0.05, 0.1) is 5.25 Å². The van der Waals surface area contributed by atoms with Crippen LogP contribution in [0.15, 0.2) is 0 Å². The Morgan fingerprint density at radius 1 is 1.29 bits per heavy atom. The lowest BCUT2D eigenvalue weighted by Gasteiger charge is -2.28. The molecule has 5 heteroatoms. The molecule has 2 N–H and O–H groups in total. The molecule has 0 spiro atoms. The average molecular weight is 222 g/mol. The van der Waals surface area contributed by atoms with Crippen molar-refractivity contribution in [3.63, 3.8) is 0 Å². The van der Waals surface area contributed by atoms with Gasteiger partial charge in [-0.15, -0.1) is 0 Å². The third-order valence-corrected chi connectivity index (χ3v) is 5.06. The van der Waals surface area contributed by atoms with Gasteiger partial charge in [0.15, 0.2) is 0 Å². The predicted molar refractivity (Wildman–Crippen MR) is 59.6 cm³/mol. The molecule has 0 aliphatic heterocycles. The summed E-state index contributed by atoms with van der Waals surface area (Å²) in [6.07, 6.45) is 0.571. The van der Waals surface area contributed by atoms with Gasteiger partial charge in [-0.3, -0.25) is 0 Å². The summed E-state index contributed by atoms with van der Waals surface area (Å²) < 4.78 is 25.5. The largest absolute Gasteiger partial charge is 0.329 e. The third kappa shape index (κ3) is 2.93. The van der Waals surface area contributed by atoms with E-state index < -0.39 is 15.3 Å². The van der Waals surface area contributed by atoms with E-state index in [0.29, 0.717) is 13.0 Å². The normalized spacial score (nSPS) is 15.1. The van der Waals surface area contributed by atoms with Gasteiger partial charge in [-0.25, -0.2) is 8.42 Å². The Balaban J connectivity index is 4.90. The van der Waals surface area contributed by atoms with Crippen LogP contribution < -0.4 is 5.73 Å². The molecule has 0 heterocycles. The summed E-state index contributed by atoms with van der Waals surface area (Å²) in [4.78, 5) is 0. The molecule has 0 saturated heterocycles. The van der Waals surface area contributed by atoms with E-state index in [0.717, 1.165) is 0 Å². The quantitative estimate of drug-likeness (QED) is 0.722. The van der Waals surface area contributed by atoms with Crippen LogP contribution in [0.4, 0.5) is 0 Å². The second-order valence-corrected chi connectivity index (χ2v) is 5.77. The first-order valence-corrected chi connectivity index (χ1v) is 6.62. The zero-order chi connectivity index (χ0) is 11.4. The summed E-state index contributed by atoms with van der Waals surface area (Å²) >= 11 is 0. The van der Waals surface area contributed by atoms with Gasteiger partial charge in [-0.1, -0.05) is 13.8 Å². The van der Waals surface area contributed by atoms with Gasteiger partial charge in [0.1, 0.15) is 0 Å². The minimum Gasteiger partial charge on any atom is -0.329 e. The van der Waals surface area contributed by atoms with Crippen LogP contribution in [-0.2, 0) is 10.0 Å². The predicted octanol–water partition coefficient (Wildman–Crippen LogP) is 0.784. The van der Waals surface area contributed by atoms with E-state index in [1.165, 1.54) is 4.31 Å². The first kappa shape index (κ1) is 13.9. The molecule has 0 aromatic heterocycles. The fourth-order valence-corrected chi connectivity index (χ4v) is 3.52. The van der Waals surface area contributed by atoms with Crippen molar-refractivity contribution in [1.82, 2.24) is 4.31 Å². The number of nitrogens with two attached hydrogens (primary N) is 1. The van der Waals surface area contributed by atoms with Gasteiger partial charge in [0.25, 0.3) is 0 Å².